The van der Waals surface area contributed by atoms with Gasteiger partial charge >= 0.3 is 0 Å². The van der Waals surface area contributed by atoms with Crippen LogP contribution in [0.2, 0.25) is 0 Å². The van der Waals surface area contributed by atoms with Crippen LogP contribution in [0.4, 0.5) is 0 Å². The molecule has 0 saturated carbocycles. The maximum Gasteiger partial charge on any atom is 0.141 e. The van der Waals surface area contributed by atoms with E-state index in [1.54, 1.807) is 0 Å². The van der Waals surface area contributed by atoms with E-state index >= 15 is 0 Å². The number of aldehydes is 1. The third-order valence-electron chi connectivity index (χ3n) is 3.02. The summed E-state index contributed by atoms with van der Waals surface area (Å²) in [6, 6.07) is 16.3. The molecular weight excluding hydrogens is 234 g/mol. The maximum atomic E-state index is 10.6. The van der Waals surface area contributed by atoms with Crippen molar-refractivity contribution in [2.75, 3.05) is 6.54 Å². The number of hydrogen-bond donors (Lipinski definition) is 0. The zero-order chi connectivity index (χ0) is 13.7. The fourth-order valence-electron chi connectivity index (χ4n) is 2.05. The fourth-order valence-corrected chi connectivity index (χ4v) is 2.05. The summed E-state index contributed by atoms with van der Waals surface area (Å²) < 4.78 is 0. The lowest BCUT2D eigenvalue weighted by Crippen LogP contribution is -2.07. The van der Waals surface area contributed by atoms with E-state index in [0.29, 0.717) is 0 Å². The lowest BCUT2D eigenvalue weighted by molar-refractivity contribution is -0.106. The van der Waals surface area contributed by atoms with Gasteiger partial charge in [-0.1, -0.05) is 48.0 Å². The zero-order valence-electron chi connectivity index (χ0n) is 11.3. The Hall–Kier alpha value is -2.22. The molecule has 0 bridgehead atoms. The van der Waals surface area contributed by atoms with Gasteiger partial charge in [0.15, 0.2) is 0 Å². The van der Waals surface area contributed by atoms with Crippen molar-refractivity contribution in [1.82, 2.24) is 0 Å². The van der Waals surface area contributed by atoms with Gasteiger partial charge in [0, 0.05) is 11.1 Å². The van der Waals surface area contributed by atoms with Gasteiger partial charge in [-0.2, -0.15) is 0 Å². The molecule has 0 spiro atoms. The summed E-state index contributed by atoms with van der Waals surface area (Å²) in [5.41, 5.74) is 5.37. The molecule has 0 aromatic heterocycles. The van der Waals surface area contributed by atoms with Crippen LogP contribution in [0.1, 0.15) is 22.3 Å². The molecule has 0 atom stereocenters. The smallest absolute Gasteiger partial charge is 0.141 e. The molecule has 0 aliphatic carbocycles. The molecule has 0 fully saturated rings. The Bertz CT molecular complexity index is 600. The topological polar surface area (TPSA) is 29.4 Å². The molecule has 0 amide bonds. The molecule has 0 saturated heterocycles. The number of rotatable bonds is 4. The second-order valence-electron chi connectivity index (χ2n) is 4.54. The Labute approximate surface area is 113 Å². The largest absolute Gasteiger partial charge is 0.301 e. The van der Waals surface area contributed by atoms with E-state index < -0.39 is 0 Å². The first-order valence-corrected chi connectivity index (χ1v) is 6.33. The Balaban J connectivity index is 2.55. The van der Waals surface area contributed by atoms with Crippen LogP contribution >= 0.6 is 0 Å². The van der Waals surface area contributed by atoms with Crippen molar-refractivity contribution in [3.63, 3.8) is 0 Å². The summed E-state index contributed by atoms with van der Waals surface area (Å²) >= 11 is 0. The summed E-state index contributed by atoms with van der Waals surface area (Å²) in [4.78, 5) is 15.0. The van der Waals surface area contributed by atoms with E-state index in [-0.39, 0.29) is 6.54 Å². The fraction of sp³-hybridized carbons (Fsp3) is 0.176. The standard InChI is InChI=1S/C17H17NO/c1-13-8-9-14(2)16(12-13)17(18-10-11-19)15-6-4-3-5-7-15/h3-9,11-12H,10H2,1-2H3. The Kier molecular flexibility index (Phi) is 4.24. The summed E-state index contributed by atoms with van der Waals surface area (Å²) in [5.74, 6) is 0. The molecule has 0 aliphatic heterocycles. The van der Waals surface area contributed by atoms with Crippen LogP contribution < -0.4 is 0 Å². The zero-order valence-corrected chi connectivity index (χ0v) is 11.3. The molecule has 19 heavy (non-hydrogen) atoms. The van der Waals surface area contributed by atoms with Crippen molar-refractivity contribution in [2.24, 2.45) is 4.99 Å². The van der Waals surface area contributed by atoms with Gasteiger partial charge in [-0.3, -0.25) is 4.99 Å². The normalized spacial score (nSPS) is 11.4. The Morgan fingerprint density at radius 3 is 2.53 bits per heavy atom. The SMILES string of the molecule is Cc1ccc(C)c(C(=NCC=O)c2ccccc2)c1. The average molecular weight is 251 g/mol. The van der Waals surface area contributed by atoms with E-state index in [0.717, 1.165) is 23.1 Å². The number of carbonyl (C=O) groups excluding carboxylic acids is 1. The number of carbonyl (C=O) groups is 1. The first kappa shape index (κ1) is 13.2. The van der Waals surface area contributed by atoms with E-state index in [2.05, 4.69) is 37.0 Å². The molecule has 96 valence electrons. The summed E-state index contributed by atoms with van der Waals surface area (Å²) in [7, 11) is 0. The minimum atomic E-state index is 0.192. The molecule has 2 aromatic rings. The third kappa shape index (κ3) is 3.16. The highest BCUT2D eigenvalue weighted by atomic mass is 16.1. The molecule has 2 nitrogen and oxygen atoms in total. The van der Waals surface area contributed by atoms with Crippen molar-refractivity contribution in [2.45, 2.75) is 13.8 Å². The van der Waals surface area contributed by atoms with Crippen LogP contribution in [0.5, 0.6) is 0 Å². The Morgan fingerprint density at radius 2 is 1.84 bits per heavy atom. The van der Waals surface area contributed by atoms with E-state index in [1.807, 2.05) is 30.3 Å². The molecule has 0 aliphatic rings. The monoisotopic (exact) mass is 251 g/mol. The van der Waals surface area contributed by atoms with E-state index in [1.165, 1.54) is 11.1 Å². The van der Waals surface area contributed by atoms with Gasteiger partial charge in [0.05, 0.1) is 12.3 Å². The number of hydrogen-bond acceptors (Lipinski definition) is 2. The molecular formula is C17H17NO. The van der Waals surface area contributed by atoms with E-state index in [9.17, 15) is 4.79 Å². The van der Waals surface area contributed by atoms with Crippen LogP contribution in [0.3, 0.4) is 0 Å². The van der Waals surface area contributed by atoms with Gasteiger partial charge in [0.25, 0.3) is 0 Å². The minimum Gasteiger partial charge on any atom is -0.301 e. The quantitative estimate of drug-likeness (QED) is 0.605. The van der Waals surface area contributed by atoms with Crippen LogP contribution in [-0.4, -0.2) is 18.5 Å². The van der Waals surface area contributed by atoms with Crippen molar-refractivity contribution < 1.29 is 4.79 Å². The minimum absolute atomic E-state index is 0.192. The molecule has 2 rings (SSSR count). The molecule has 0 N–H and O–H groups in total. The number of aryl methyl sites for hydroxylation is 2. The molecule has 2 aromatic carbocycles. The molecule has 0 radical (unpaired) electrons. The average Bonchev–Trinajstić information content (AvgIpc) is 2.44. The van der Waals surface area contributed by atoms with Crippen LogP contribution in [0.15, 0.2) is 53.5 Å². The summed E-state index contributed by atoms with van der Waals surface area (Å²) in [6.45, 7) is 4.32. The van der Waals surface area contributed by atoms with Gasteiger partial charge in [0.1, 0.15) is 6.29 Å². The van der Waals surface area contributed by atoms with Crippen molar-refractivity contribution >= 4 is 12.0 Å². The molecule has 0 heterocycles. The van der Waals surface area contributed by atoms with Crippen molar-refractivity contribution in [3.05, 3.63) is 70.8 Å². The molecule has 0 unspecified atom stereocenters. The number of nitrogens with zero attached hydrogens (tertiary/aromatic N) is 1. The third-order valence-corrected chi connectivity index (χ3v) is 3.02. The van der Waals surface area contributed by atoms with Gasteiger partial charge in [-0.15, -0.1) is 0 Å². The van der Waals surface area contributed by atoms with Gasteiger partial charge in [-0.05, 0) is 25.5 Å². The first-order valence-electron chi connectivity index (χ1n) is 6.33. The predicted molar refractivity (Wildman–Crippen MR) is 78.9 cm³/mol. The van der Waals surface area contributed by atoms with Gasteiger partial charge < -0.3 is 4.79 Å². The van der Waals surface area contributed by atoms with Gasteiger partial charge in [-0.25, -0.2) is 0 Å². The Morgan fingerprint density at radius 1 is 1.11 bits per heavy atom. The molecule has 2 heteroatoms. The second kappa shape index (κ2) is 6.10. The maximum absolute atomic E-state index is 10.6. The van der Waals surface area contributed by atoms with Gasteiger partial charge in [0.2, 0.25) is 0 Å². The lowest BCUT2D eigenvalue weighted by atomic mass is 9.96. The predicted octanol–water partition coefficient (Wildman–Crippen LogP) is 3.34. The van der Waals surface area contributed by atoms with Crippen LogP contribution in [0, 0.1) is 13.8 Å². The number of benzene rings is 2. The number of aliphatic imine (C=N–C) groups is 1. The van der Waals surface area contributed by atoms with Crippen molar-refractivity contribution in [1.29, 1.82) is 0 Å². The second-order valence-corrected chi connectivity index (χ2v) is 4.54. The lowest BCUT2D eigenvalue weighted by Gasteiger charge is -2.11. The van der Waals surface area contributed by atoms with Crippen molar-refractivity contribution in [3.8, 4) is 0 Å². The van der Waals surface area contributed by atoms with E-state index in [4.69, 9.17) is 0 Å². The first-order chi connectivity index (χ1) is 9.22. The summed E-state index contributed by atoms with van der Waals surface area (Å²) in [5, 5.41) is 0. The van der Waals surface area contributed by atoms with Crippen LogP contribution in [0.25, 0.3) is 0 Å². The highest BCUT2D eigenvalue weighted by Gasteiger charge is 2.09. The van der Waals surface area contributed by atoms with Crippen LogP contribution in [-0.2, 0) is 4.79 Å². The summed E-state index contributed by atoms with van der Waals surface area (Å²) in [6.07, 6.45) is 0.827. The highest BCUT2D eigenvalue weighted by Crippen LogP contribution is 2.17. The highest BCUT2D eigenvalue weighted by molar-refractivity contribution is 6.14.